The summed E-state index contributed by atoms with van der Waals surface area (Å²) in [6.07, 6.45) is 0. The highest BCUT2D eigenvalue weighted by molar-refractivity contribution is 6.29. The number of hydrogen-bond acceptors (Lipinski definition) is 3. The first-order valence-electron chi connectivity index (χ1n) is 3.68. The van der Waals surface area contributed by atoms with Crippen LogP contribution in [0.3, 0.4) is 0 Å². The molecule has 76 valence electrons. The van der Waals surface area contributed by atoms with Crippen LogP contribution in [0.25, 0.3) is 0 Å². The van der Waals surface area contributed by atoms with Gasteiger partial charge in [-0.3, -0.25) is 4.79 Å². The topological polar surface area (TPSA) is 75.3 Å². The minimum Gasteiger partial charge on any atom is -0.506 e. The number of nitrogens with two attached hydrogens (primary N) is 1. The van der Waals surface area contributed by atoms with Gasteiger partial charge in [0, 0.05) is 6.07 Å². The maximum absolute atomic E-state index is 12.8. The molecule has 0 aliphatic heterocycles. The van der Waals surface area contributed by atoms with Crippen molar-refractivity contribution < 1.29 is 14.3 Å². The largest absolute Gasteiger partial charge is 0.506 e. The Balaban J connectivity index is 2.98. The summed E-state index contributed by atoms with van der Waals surface area (Å²) in [5, 5.41) is 11.5. The summed E-state index contributed by atoms with van der Waals surface area (Å²) >= 11 is 5.23. The zero-order chi connectivity index (χ0) is 10.7. The molecule has 1 aromatic rings. The number of phenolic OH excluding ortho intramolecular Hbond substituents is 1. The number of amides is 1. The Morgan fingerprint density at radius 2 is 2.29 bits per heavy atom. The molecular weight excluding hydrogens is 211 g/mol. The molecule has 0 bridgehead atoms. The molecule has 1 rings (SSSR count). The molecule has 6 heteroatoms. The van der Waals surface area contributed by atoms with E-state index in [1.54, 1.807) is 0 Å². The van der Waals surface area contributed by atoms with Gasteiger partial charge in [0.1, 0.15) is 17.4 Å². The smallest absolute Gasteiger partial charge is 0.239 e. The van der Waals surface area contributed by atoms with E-state index in [-0.39, 0.29) is 17.3 Å². The number of benzene rings is 1. The fourth-order valence-corrected chi connectivity index (χ4v) is 0.930. The van der Waals surface area contributed by atoms with Gasteiger partial charge in [-0.25, -0.2) is 4.39 Å². The number of alkyl halides is 1. The van der Waals surface area contributed by atoms with E-state index >= 15 is 0 Å². The van der Waals surface area contributed by atoms with Gasteiger partial charge in [-0.1, -0.05) is 0 Å². The highest BCUT2D eigenvalue weighted by Gasteiger charge is 2.09. The first kappa shape index (κ1) is 10.6. The first-order valence-corrected chi connectivity index (χ1v) is 4.22. The zero-order valence-electron chi connectivity index (χ0n) is 7.05. The zero-order valence-corrected chi connectivity index (χ0v) is 7.81. The summed E-state index contributed by atoms with van der Waals surface area (Å²) < 4.78 is 12.8. The van der Waals surface area contributed by atoms with Crippen LogP contribution in [0.2, 0.25) is 0 Å². The van der Waals surface area contributed by atoms with Crippen LogP contribution in [0.4, 0.5) is 15.8 Å². The molecule has 0 atom stereocenters. The van der Waals surface area contributed by atoms with Crippen molar-refractivity contribution in [1.82, 2.24) is 0 Å². The minimum atomic E-state index is -0.744. The minimum absolute atomic E-state index is 0.0366. The van der Waals surface area contributed by atoms with E-state index in [0.29, 0.717) is 0 Å². The van der Waals surface area contributed by atoms with E-state index in [4.69, 9.17) is 17.3 Å². The number of halogens is 2. The van der Waals surface area contributed by atoms with Crippen LogP contribution in [0.15, 0.2) is 12.1 Å². The van der Waals surface area contributed by atoms with Crippen molar-refractivity contribution >= 4 is 28.9 Å². The van der Waals surface area contributed by atoms with Crippen molar-refractivity contribution in [3.05, 3.63) is 17.9 Å². The molecule has 0 aliphatic rings. The summed E-state index contributed by atoms with van der Waals surface area (Å²) in [7, 11) is 0. The number of carbonyl (C=O) groups excluding carboxylic acids is 1. The molecule has 0 aromatic heterocycles. The summed E-state index contributed by atoms with van der Waals surface area (Å²) in [6, 6.07) is 1.94. The Labute approximate surface area is 84.5 Å². The summed E-state index contributed by atoms with van der Waals surface area (Å²) in [5.41, 5.74) is 5.11. The molecule has 0 radical (unpaired) electrons. The molecule has 14 heavy (non-hydrogen) atoms. The molecule has 0 unspecified atom stereocenters. The molecule has 0 spiro atoms. The molecule has 0 aliphatic carbocycles. The first-order chi connectivity index (χ1) is 6.54. The monoisotopic (exact) mass is 218 g/mol. The number of aromatic hydroxyl groups is 1. The molecule has 0 fully saturated rings. The van der Waals surface area contributed by atoms with Crippen LogP contribution in [-0.2, 0) is 4.79 Å². The predicted molar refractivity (Wildman–Crippen MR) is 51.8 cm³/mol. The van der Waals surface area contributed by atoms with E-state index in [1.807, 2.05) is 0 Å². The summed E-state index contributed by atoms with van der Waals surface area (Å²) in [6.45, 7) is 0. The van der Waals surface area contributed by atoms with E-state index in [0.717, 1.165) is 12.1 Å². The summed E-state index contributed by atoms with van der Waals surface area (Å²) in [4.78, 5) is 10.8. The SMILES string of the molecule is Nc1cc(NC(=O)CCl)c(O)cc1F. The molecule has 1 aromatic carbocycles. The highest BCUT2D eigenvalue weighted by atomic mass is 35.5. The van der Waals surface area contributed by atoms with Crippen molar-refractivity contribution in [2.24, 2.45) is 0 Å². The Kier molecular flexibility index (Phi) is 3.14. The summed E-state index contributed by atoms with van der Waals surface area (Å²) in [5.74, 6) is -1.90. The molecule has 4 nitrogen and oxygen atoms in total. The van der Waals surface area contributed by atoms with Crippen LogP contribution in [0.5, 0.6) is 5.75 Å². The van der Waals surface area contributed by atoms with Gasteiger partial charge in [0.2, 0.25) is 5.91 Å². The number of carbonyl (C=O) groups is 1. The van der Waals surface area contributed by atoms with Gasteiger partial charge in [0.15, 0.2) is 0 Å². The normalized spacial score (nSPS) is 9.86. The van der Waals surface area contributed by atoms with Crippen molar-refractivity contribution in [3.8, 4) is 5.75 Å². The fourth-order valence-electron chi connectivity index (χ4n) is 0.863. The van der Waals surface area contributed by atoms with Gasteiger partial charge in [-0.2, -0.15) is 0 Å². The second kappa shape index (κ2) is 4.15. The maximum Gasteiger partial charge on any atom is 0.239 e. The molecule has 0 saturated carbocycles. The number of phenols is 1. The van der Waals surface area contributed by atoms with E-state index in [9.17, 15) is 14.3 Å². The van der Waals surface area contributed by atoms with E-state index < -0.39 is 17.5 Å². The maximum atomic E-state index is 12.8. The number of rotatable bonds is 2. The van der Waals surface area contributed by atoms with Gasteiger partial charge in [-0.05, 0) is 6.07 Å². The van der Waals surface area contributed by atoms with Crippen LogP contribution >= 0.6 is 11.6 Å². The number of nitrogens with one attached hydrogen (secondary N) is 1. The Morgan fingerprint density at radius 1 is 1.64 bits per heavy atom. The van der Waals surface area contributed by atoms with Crippen molar-refractivity contribution in [1.29, 1.82) is 0 Å². The van der Waals surface area contributed by atoms with Crippen LogP contribution < -0.4 is 11.1 Å². The fraction of sp³-hybridized carbons (Fsp3) is 0.125. The van der Waals surface area contributed by atoms with E-state index in [1.165, 1.54) is 0 Å². The number of nitrogen functional groups attached to an aromatic ring is 1. The van der Waals surface area contributed by atoms with Crippen LogP contribution in [-0.4, -0.2) is 16.9 Å². The molecule has 4 N–H and O–H groups in total. The Bertz CT molecular complexity index is 371. The average molecular weight is 219 g/mol. The lowest BCUT2D eigenvalue weighted by atomic mass is 10.2. The van der Waals surface area contributed by atoms with E-state index in [2.05, 4.69) is 5.32 Å². The van der Waals surface area contributed by atoms with Gasteiger partial charge in [-0.15, -0.1) is 11.6 Å². The highest BCUT2D eigenvalue weighted by Crippen LogP contribution is 2.27. The number of anilines is 2. The van der Waals surface area contributed by atoms with Gasteiger partial charge in [0.05, 0.1) is 11.4 Å². The third kappa shape index (κ3) is 2.26. The van der Waals surface area contributed by atoms with Gasteiger partial charge in [0.25, 0.3) is 0 Å². The van der Waals surface area contributed by atoms with Gasteiger partial charge < -0.3 is 16.2 Å². The second-order valence-corrected chi connectivity index (χ2v) is 2.84. The van der Waals surface area contributed by atoms with Crippen molar-refractivity contribution in [3.63, 3.8) is 0 Å². The molecule has 1 amide bonds. The molecule has 0 heterocycles. The number of hydrogen-bond donors (Lipinski definition) is 3. The quantitative estimate of drug-likeness (QED) is 0.303. The van der Waals surface area contributed by atoms with Crippen LogP contribution in [0, 0.1) is 5.82 Å². The molecule has 0 saturated heterocycles. The predicted octanol–water partition coefficient (Wildman–Crippen LogP) is 1.29. The third-order valence-corrected chi connectivity index (χ3v) is 1.75. The van der Waals surface area contributed by atoms with Gasteiger partial charge >= 0.3 is 0 Å². The van der Waals surface area contributed by atoms with Crippen LogP contribution in [0.1, 0.15) is 0 Å². The Morgan fingerprint density at radius 3 is 2.86 bits per heavy atom. The lowest BCUT2D eigenvalue weighted by Gasteiger charge is -2.07. The lowest BCUT2D eigenvalue weighted by Crippen LogP contribution is -2.13. The molecular formula is C8H8ClFN2O2. The lowest BCUT2D eigenvalue weighted by molar-refractivity contribution is -0.113. The van der Waals surface area contributed by atoms with Crippen molar-refractivity contribution in [2.45, 2.75) is 0 Å². The average Bonchev–Trinajstić information content (AvgIpc) is 2.14. The third-order valence-electron chi connectivity index (χ3n) is 1.51. The Hall–Kier alpha value is -1.49. The van der Waals surface area contributed by atoms with Crippen molar-refractivity contribution in [2.75, 3.05) is 16.9 Å². The second-order valence-electron chi connectivity index (χ2n) is 2.57. The standard InChI is InChI=1S/C8H8ClFN2O2/c9-3-8(14)12-6-2-5(11)4(10)1-7(6)13/h1-2,13H,3,11H2,(H,12,14).